The molecule has 0 heterocycles. The van der Waals surface area contributed by atoms with Crippen LogP contribution in [0.4, 0.5) is 32.3 Å². The molecular formula is C27H32N4O8. The summed E-state index contributed by atoms with van der Waals surface area (Å²) in [4.78, 5) is 52.4. The lowest BCUT2D eigenvalue weighted by Crippen LogP contribution is -2.29. The number of benzene rings is 2. The van der Waals surface area contributed by atoms with Gasteiger partial charge in [-0.05, 0) is 70.0 Å². The lowest BCUT2D eigenvalue weighted by molar-refractivity contribution is -0.0633. The summed E-state index contributed by atoms with van der Waals surface area (Å²) in [7, 11) is 0. The summed E-state index contributed by atoms with van der Waals surface area (Å²) in [5, 5.41) is 5.14. The molecule has 0 aromatic heterocycles. The molecule has 0 spiro atoms. The Kier molecular flexibility index (Phi) is 12.5. The van der Waals surface area contributed by atoms with Crippen molar-refractivity contribution >= 4 is 47.1 Å². The predicted octanol–water partition coefficient (Wildman–Crippen LogP) is 5.23. The minimum atomic E-state index is -0.679. The average molecular weight is 541 g/mol. The zero-order chi connectivity index (χ0) is 28.8. The molecule has 0 aliphatic heterocycles. The van der Waals surface area contributed by atoms with Crippen molar-refractivity contribution in [2.24, 2.45) is 9.98 Å². The summed E-state index contributed by atoms with van der Waals surface area (Å²) in [6.07, 6.45) is 0.323. The molecule has 3 atom stereocenters. The van der Waals surface area contributed by atoms with Crippen LogP contribution >= 0.6 is 0 Å². The fourth-order valence-electron chi connectivity index (χ4n) is 3.12. The molecule has 0 radical (unpaired) electrons. The lowest BCUT2D eigenvalue weighted by atomic mass is 10.2. The Labute approximate surface area is 226 Å². The molecule has 2 aromatic rings. The molecule has 2 amide bonds. The van der Waals surface area contributed by atoms with Crippen LogP contribution in [0.2, 0.25) is 0 Å². The van der Waals surface area contributed by atoms with Gasteiger partial charge in [0.15, 0.2) is 0 Å². The number of hydrogen-bond donors (Lipinski definition) is 2. The molecule has 0 saturated heterocycles. The summed E-state index contributed by atoms with van der Waals surface area (Å²) < 4.78 is 21.8. The van der Waals surface area contributed by atoms with Gasteiger partial charge in [-0.25, -0.2) is 19.2 Å². The van der Waals surface area contributed by atoms with Crippen molar-refractivity contribution in [3.05, 3.63) is 47.5 Å². The maximum absolute atomic E-state index is 12.2. The number of ether oxygens (including phenoxy) is 4. The highest BCUT2D eigenvalue weighted by atomic mass is 16.6. The fourth-order valence-corrected chi connectivity index (χ4v) is 3.12. The van der Waals surface area contributed by atoms with Crippen molar-refractivity contribution in [3.63, 3.8) is 0 Å². The van der Waals surface area contributed by atoms with Crippen LogP contribution in [-0.4, -0.2) is 62.5 Å². The highest BCUT2D eigenvalue weighted by Gasteiger charge is 2.15. The zero-order valence-corrected chi connectivity index (χ0v) is 22.5. The number of aliphatic imine (C=N–C) groups is 2. The Balaban J connectivity index is 1.66. The quantitative estimate of drug-likeness (QED) is 0.258. The third-order valence-electron chi connectivity index (χ3n) is 5.23. The highest BCUT2D eigenvalue weighted by Crippen LogP contribution is 2.23. The van der Waals surface area contributed by atoms with Gasteiger partial charge < -0.3 is 18.9 Å². The molecule has 2 rings (SSSR count). The molecule has 0 aliphatic carbocycles. The largest absolute Gasteiger partial charge is 0.447 e. The molecule has 2 N–H and O–H groups in total. The van der Waals surface area contributed by atoms with Crippen LogP contribution in [0.25, 0.3) is 0 Å². The van der Waals surface area contributed by atoms with E-state index in [9.17, 15) is 19.2 Å². The number of rotatable bonds is 13. The van der Waals surface area contributed by atoms with Crippen molar-refractivity contribution < 1.29 is 38.1 Å². The van der Waals surface area contributed by atoms with E-state index in [1.54, 1.807) is 65.0 Å². The van der Waals surface area contributed by atoms with Gasteiger partial charge >= 0.3 is 12.2 Å². The van der Waals surface area contributed by atoms with Crippen LogP contribution in [-0.2, 0) is 28.5 Å². The Morgan fingerprint density at radius 3 is 1.72 bits per heavy atom. The second-order valence-electron chi connectivity index (χ2n) is 8.76. The number of anilines is 2. The minimum Gasteiger partial charge on any atom is -0.447 e. The van der Waals surface area contributed by atoms with Crippen molar-refractivity contribution in [1.82, 2.24) is 0 Å². The van der Waals surface area contributed by atoms with E-state index in [-0.39, 0.29) is 25.9 Å². The van der Waals surface area contributed by atoms with Gasteiger partial charge in [-0.1, -0.05) is 12.1 Å². The van der Waals surface area contributed by atoms with Crippen LogP contribution in [0, 0.1) is 13.8 Å². The first-order valence-corrected chi connectivity index (χ1v) is 12.1. The van der Waals surface area contributed by atoms with Crippen molar-refractivity contribution in [1.29, 1.82) is 0 Å². The van der Waals surface area contributed by atoms with Crippen molar-refractivity contribution in [3.8, 4) is 0 Å². The Bertz CT molecular complexity index is 1240. The number of aryl methyl sites for hydroxylation is 2. The molecular weight excluding hydrogens is 508 g/mol. The van der Waals surface area contributed by atoms with E-state index in [1.165, 1.54) is 18.2 Å². The van der Waals surface area contributed by atoms with Gasteiger partial charge in [-0.3, -0.25) is 10.6 Å². The molecule has 0 saturated carbocycles. The molecule has 12 heteroatoms. The van der Waals surface area contributed by atoms with Gasteiger partial charge in [0.2, 0.25) is 12.2 Å². The van der Waals surface area contributed by atoms with E-state index in [0.29, 0.717) is 22.7 Å². The summed E-state index contributed by atoms with van der Waals surface area (Å²) >= 11 is 0. The van der Waals surface area contributed by atoms with E-state index < -0.39 is 24.4 Å². The SMILES string of the molecule is Cc1ccc(NC(=O)OCC(C)OCC(C)OCC(C)OC(=O)Nc2ccc(C)c(N=C=O)c2)cc1N=C=O. The molecule has 2 aromatic carbocycles. The molecule has 208 valence electrons. The molecule has 0 bridgehead atoms. The number of hydrogen-bond acceptors (Lipinski definition) is 10. The lowest BCUT2D eigenvalue weighted by Gasteiger charge is -2.20. The predicted molar refractivity (Wildman–Crippen MR) is 143 cm³/mol. The third kappa shape index (κ3) is 11.3. The molecule has 12 nitrogen and oxygen atoms in total. The molecule has 39 heavy (non-hydrogen) atoms. The maximum atomic E-state index is 12.2. The van der Waals surface area contributed by atoms with Crippen LogP contribution in [0.15, 0.2) is 46.4 Å². The number of carbonyl (C=O) groups is 2. The molecule has 3 unspecified atom stereocenters. The Morgan fingerprint density at radius 1 is 0.744 bits per heavy atom. The minimum absolute atomic E-state index is 0.00231. The van der Waals surface area contributed by atoms with Gasteiger partial charge in [0.05, 0.1) is 36.8 Å². The topological polar surface area (TPSA) is 154 Å². The summed E-state index contributed by atoms with van der Waals surface area (Å²) in [5.41, 5.74) is 3.19. The molecule has 0 aliphatic rings. The zero-order valence-electron chi connectivity index (χ0n) is 22.5. The Morgan fingerprint density at radius 2 is 1.21 bits per heavy atom. The fraction of sp³-hybridized carbons (Fsp3) is 0.407. The van der Waals surface area contributed by atoms with E-state index in [2.05, 4.69) is 20.6 Å². The monoisotopic (exact) mass is 540 g/mol. The molecule has 0 fully saturated rings. The van der Waals surface area contributed by atoms with E-state index >= 15 is 0 Å². The first kappa shape index (κ1) is 30.9. The second-order valence-corrected chi connectivity index (χ2v) is 8.76. The highest BCUT2D eigenvalue weighted by molar-refractivity contribution is 5.86. The van der Waals surface area contributed by atoms with Gasteiger partial charge in [0.25, 0.3) is 0 Å². The third-order valence-corrected chi connectivity index (χ3v) is 5.23. The average Bonchev–Trinajstić information content (AvgIpc) is 2.89. The standard InChI is InChI=1S/C27H32N4O8/c1-17-6-8-22(10-24(17)28-15-32)30-26(34)38-13-20(4)36-12-19(3)37-14-21(5)39-27(35)31-23-9-7-18(2)25(11-23)29-16-33/h6-11,19-21H,12-14H2,1-5H3,(H,30,34)(H,31,35). The van der Waals surface area contributed by atoms with Crippen LogP contribution < -0.4 is 10.6 Å². The maximum Gasteiger partial charge on any atom is 0.411 e. The first-order valence-electron chi connectivity index (χ1n) is 12.1. The number of amides is 2. The van der Waals surface area contributed by atoms with E-state index in [0.717, 1.165) is 11.1 Å². The second kappa shape index (κ2) is 15.8. The van der Waals surface area contributed by atoms with Gasteiger partial charge in [-0.2, -0.15) is 9.98 Å². The number of carbonyl (C=O) groups excluding carboxylic acids is 4. The summed E-state index contributed by atoms with van der Waals surface area (Å²) in [6.45, 7) is 9.14. The van der Waals surface area contributed by atoms with E-state index in [1.807, 2.05) is 0 Å². The van der Waals surface area contributed by atoms with E-state index in [4.69, 9.17) is 18.9 Å². The summed E-state index contributed by atoms with van der Waals surface area (Å²) in [5.74, 6) is 0. The smallest absolute Gasteiger partial charge is 0.411 e. The first-order chi connectivity index (χ1) is 18.6. The van der Waals surface area contributed by atoms with Gasteiger partial charge in [-0.15, -0.1) is 0 Å². The number of nitrogens with zero attached hydrogens (tertiary/aromatic N) is 2. The van der Waals surface area contributed by atoms with Gasteiger partial charge in [0.1, 0.15) is 12.7 Å². The number of isocyanates is 2. The van der Waals surface area contributed by atoms with Crippen molar-refractivity contribution in [2.45, 2.75) is 52.9 Å². The number of nitrogens with one attached hydrogen (secondary N) is 2. The normalized spacial score (nSPS) is 12.6. The summed E-state index contributed by atoms with van der Waals surface area (Å²) in [6, 6.07) is 9.84. The van der Waals surface area contributed by atoms with Gasteiger partial charge in [0, 0.05) is 11.4 Å². The van der Waals surface area contributed by atoms with Crippen molar-refractivity contribution in [2.75, 3.05) is 30.5 Å². The van der Waals surface area contributed by atoms with Crippen LogP contribution in [0.1, 0.15) is 31.9 Å². The Hall–Kier alpha value is -4.34. The van der Waals surface area contributed by atoms with Crippen LogP contribution in [0.3, 0.4) is 0 Å². The van der Waals surface area contributed by atoms with Crippen LogP contribution in [0.5, 0.6) is 0 Å².